The van der Waals surface area contributed by atoms with Crippen LogP contribution in [0.2, 0.25) is 0 Å². The molecular formula is C12H12N2S. The Hall–Kier alpha value is -1.35. The molecule has 2 rings (SSSR count). The number of aryl methyl sites for hydroxylation is 1. The summed E-state index contributed by atoms with van der Waals surface area (Å²) >= 11 is 1.57. The molecule has 0 atom stereocenters. The summed E-state index contributed by atoms with van der Waals surface area (Å²) in [4.78, 5) is 8.80. The Bertz CT molecular complexity index is 454. The molecule has 15 heavy (non-hydrogen) atoms. The molecule has 0 unspecified atom stereocenters. The van der Waals surface area contributed by atoms with Crippen LogP contribution in [0.3, 0.4) is 0 Å². The highest BCUT2D eigenvalue weighted by Crippen LogP contribution is 2.19. The monoisotopic (exact) mass is 216 g/mol. The molecule has 0 bridgehead atoms. The van der Waals surface area contributed by atoms with Crippen molar-refractivity contribution < 1.29 is 0 Å². The average molecular weight is 216 g/mol. The number of thioether (sulfide) groups is 1. The number of hydrogen-bond donors (Lipinski definition) is 0. The van der Waals surface area contributed by atoms with Gasteiger partial charge in [0.2, 0.25) is 0 Å². The summed E-state index contributed by atoms with van der Waals surface area (Å²) in [5, 5.41) is 0.828. The van der Waals surface area contributed by atoms with E-state index in [1.165, 1.54) is 0 Å². The zero-order chi connectivity index (χ0) is 10.7. The predicted molar refractivity (Wildman–Crippen MR) is 64.0 cm³/mol. The zero-order valence-electron chi connectivity index (χ0n) is 8.77. The van der Waals surface area contributed by atoms with Crippen molar-refractivity contribution in [1.29, 1.82) is 0 Å². The highest BCUT2D eigenvalue weighted by Gasteiger charge is 2.02. The minimum Gasteiger partial charge on any atom is -0.228 e. The fourth-order valence-corrected chi connectivity index (χ4v) is 1.81. The largest absolute Gasteiger partial charge is 0.228 e. The van der Waals surface area contributed by atoms with Gasteiger partial charge in [0, 0.05) is 11.3 Å². The Balaban J connectivity index is 2.49. The van der Waals surface area contributed by atoms with E-state index in [1.54, 1.807) is 11.8 Å². The van der Waals surface area contributed by atoms with E-state index in [0.29, 0.717) is 0 Å². The van der Waals surface area contributed by atoms with Crippen molar-refractivity contribution >= 4 is 11.8 Å². The summed E-state index contributed by atoms with van der Waals surface area (Å²) in [6.45, 7) is 1.99. The molecule has 0 saturated carbocycles. The van der Waals surface area contributed by atoms with Crippen LogP contribution in [0.15, 0.2) is 41.6 Å². The second-order valence-electron chi connectivity index (χ2n) is 3.25. The average Bonchev–Trinajstić information content (AvgIpc) is 2.29. The first-order valence-corrected chi connectivity index (χ1v) is 5.97. The minimum atomic E-state index is 0.828. The molecule has 0 aliphatic rings. The van der Waals surface area contributed by atoms with Crippen molar-refractivity contribution in [2.75, 3.05) is 6.26 Å². The number of nitrogens with zero attached hydrogens (tertiary/aromatic N) is 2. The molecular weight excluding hydrogens is 204 g/mol. The summed E-state index contributed by atoms with van der Waals surface area (Å²) < 4.78 is 0. The van der Waals surface area contributed by atoms with E-state index in [4.69, 9.17) is 0 Å². The Morgan fingerprint density at radius 1 is 1.07 bits per heavy atom. The van der Waals surface area contributed by atoms with Gasteiger partial charge in [0.15, 0.2) is 5.16 Å². The van der Waals surface area contributed by atoms with E-state index in [2.05, 4.69) is 22.1 Å². The van der Waals surface area contributed by atoms with Crippen LogP contribution >= 0.6 is 11.8 Å². The molecule has 76 valence electrons. The summed E-state index contributed by atoms with van der Waals surface area (Å²) in [6.07, 6.45) is 1.99. The van der Waals surface area contributed by atoms with Crippen molar-refractivity contribution in [3.05, 3.63) is 42.1 Å². The fourth-order valence-electron chi connectivity index (χ4n) is 1.39. The third-order valence-corrected chi connectivity index (χ3v) is 2.63. The van der Waals surface area contributed by atoms with E-state index in [9.17, 15) is 0 Å². The fraction of sp³-hybridized carbons (Fsp3) is 0.167. The number of benzene rings is 1. The predicted octanol–water partition coefficient (Wildman–Crippen LogP) is 3.17. The van der Waals surface area contributed by atoms with E-state index in [1.807, 2.05) is 37.4 Å². The third kappa shape index (κ3) is 2.36. The SMILES string of the molecule is CSc1nc(C)cc(-c2ccccc2)n1. The third-order valence-electron chi connectivity index (χ3n) is 2.09. The van der Waals surface area contributed by atoms with Gasteiger partial charge in [-0.05, 0) is 19.2 Å². The van der Waals surface area contributed by atoms with Crippen LogP contribution in [0.4, 0.5) is 0 Å². The quantitative estimate of drug-likeness (QED) is 0.569. The second kappa shape index (κ2) is 4.45. The van der Waals surface area contributed by atoms with Crippen LogP contribution in [-0.2, 0) is 0 Å². The molecule has 0 aliphatic heterocycles. The van der Waals surface area contributed by atoms with Crippen LogP contribution in [0.1, 0.15) is 5.69 Å². The topological polar surface area (TPSA) is 25.8 Å². The van der Waals surface area contributed by atoms with Gasteiger partial charge < -0.3 is 0 Å². The Morgan fingerprint density at radius 2 is 1.80 bits per heavy atom. The smallest absolute Gasteiger partial charge is 0.188 e. The lowest BCUT2D eigenvalue weighted by Crippen LogP contribution is -1.92. The van der Waals surface area contributed by atoms with Crippen LogP contribution in [0, 0.1) is 6.92 Å². The van der Waals surface area contributed by atoms with Gasteiger partial charge in [0.05, 0.1) is 5.69 Å². The van der Waals surface area contributed by atoms with Crippen LogP contribution in [-0.4, -0.2) is 16.2 Å². The van der Waals surface area contributed by atoms with E-state index >= 15 is 0 Å². The van der Waals surface area contributed by atoms with Crippen LogP contribution in [0.5, 0.6) is 0 Å². The van der Waals surface area contributed by atoms with Gasteiger partial charge in [0.25, 0.3) is 0 Å². The Labute approximate surface area is 93.8 Å². The maximum atomic E-state index is 4.47. The van der Waals surface area contributed by atoms with Crippen molar-refractivity contribution in [1.82, 2.24) is 9.97 Å². The van der Waals surface area contributed by atoms with Crippen molar-refractivity contribution in [2.24, 2.45) is 0 Å². The van der Waals surface area contributed by atoms with Gasteiger partial charge in [-0.1, -0.05) is 42.1 Å². The van der Waals surface area contributed by atoms with Crippen molar-refractivity contribution in [2.45, 2.75) is 12.1 Å². The Morgan fingerprint density at radius 3 is 2.47 bits per heavy atom. The van der Waals surface area contributed by atoms with Gasteiger partial charge >= 0.3 is 0 Å². The standard InChI is InChI=1S/C12H12N2S/c1-9-8-11(14-12(13-9)15-2)10-6-4-3-5-7-10/h3-8H,1-2H3. The van der Waals surface area contributed by atoms with Crippen molar-refractivity contribution in [3.8, 4) is 11.3 Å². The lowest BCUT2D eigenvalue weighted by Gasteiger charge is -2.03. The van der Waals surface area contributed by atoms with Gasteiger partial charge in [-0.25, -0.2) is 9.97 Å². The molecule has 0 radical (unpaired) electrons. The summed E-state index contributed by atoms with van der Waals surface area (Å²) in [5.74, 6) is 0. The molecule has 3 heteroatoms. The summed E-state index contributed by atoms with van der Waals surface area (Å²) in [5.41, 5.74) is 3.14. The molecule has 1 aromatic heterocycles. The normalized spacial score (nSPS) is 10.3. The number of hydrogen-bond acceptors (Lipinski definition) is 3. The first-order valence-electron chi connectivity index (χ1n) is 4.74. The van der Waals surface area contributed by atoms with Crippen molar-refractivity contribution in [3.63, 3.8) is 0 Å². The number of aromatic nitrogens is 2. The maximum absolute atomic E-state index is 4.47. The molecule has 2 nitrogen and oxygen atoms in total. The van der Waals surface area contributed by atoms with Gasteiger partial charge in [-0.2, -0.15) is 0 Å². The number of rotatable bonds is 2. The molecule has 1 aromatic carbocycles. The summed E-state index contributed by atoms with van der Waals surface area (Å²) in [6, 6.07) is 12.2. The van der Waals surface area contributed by atoms with Gasteiger partial charge in [-0.3, -0.25) is 0 Å². The molecule has 0 amide bonds. The maximum Gasteiger partial charge on any atom is 0.188 e. The summed E-state index contributed by atoms with van der Waals surface area (Å²) in [7, 11) is 0. The minimum absolute atomic E-state index is 0.828. The highest BCUT2D eigenvalue weighted by atomic mass is 32.2. The highest BCUT2D eigenvalue weighted by molar-refractivity contribution is 7.98. The molecule has 0 saturated heterocycles. The zero-order valence-corrected chi connectivity index (χ0v) is 9.58. The molecule has 1 heterocycles. The first kappa shape index (κ1) is 10.2. The van der Waals surface area contributed by atoms with Gasteiger partial charge in [-0.15, -0.1) is 0 Å². The first-order chi connectivity index (χ1) is 7.29. The second-order valence-corrected chi connectivity index (χ2v) is 4.02. The van der Waals surface area contributed by atoms with Gasteiger partial charge in [0.1, 0.15) is 0 Å². The molecule has 0 N–H and O–H groups in total. The Kier molecular flexibility index (Phi) is 3.02. The van der Waals surface area contributed by atoms with E-state index in [0.717, 1.165) is 22.1 Å². The van der Waals surface area contributed by atoms with E-state index in [-0.39, 0.29) is 0 Å². The lowest BCUT2D eigenvalue weighted by atomic mass is 10.1. The molecule has 0 fully saturated rings. The van der Waals surface area contributed by atoms with Crippen LogP contribution in [0.25, 0.3) is 11.3 Å². The molecule has 0 spiro atoms. The van der Waals surface area contributed by atoms with Crippen LogP contribution < -0.4 is 0 Å². The molecule has 0 aliphatic carbocycles. The lowest BCUT2D eigenvalue weighted by molar-refractivity contribution is 0.941. The van der Waals surface area contributed by atoms with E-state index < -0.39 is 0 Å². The molecule has 2 aromatic rings.